The van der Waals surface area contributed by atoms with E-state index in [2.05, 4.69) is 185 Å². The molecule has 0 spiro atoms. The molecule has 0 unspecified atom stereocenters. The predicted octanol–water partition coefficient (Wildman–Crippen LogP) is 12.8. The molecule has 0 N–H and O–H groups in total. The number of hydrogen-bond acceptors (Lipinski definition) is 0. The van der Waals surface area contributed by atoms with Crippen LogP contribution in [0, 0.1) is 0 Å². The van der Waals surface area contributed by atoms with E-state index < -0.39 is 0 Å². The van der Waals surface area contributed by atoms with Gasteiger partial charge in [0.15, 0.2) is 0 Å². The lowest BCUT2D eigenvalue weighted by Crippen LogP contribution is -1.97. The van der Waals surface area contributed by atoms with Crippen molar-refractivity contribution in [2.45, 2.75) is 13.8 Å². The summed E-state index contributed by atoms with van der Waals surface area (Å²) in [7, 11) is 0. The van der Waals surface area contributed by atoms with Crippen molar-refractivity contribution >= 4 is 32.7 Å². The smallest absolute Gasteiger partial charge is 0.0105 e. The maximum atomic E-state index is 4.59. The maximum Gasteiger partial charge on any atom is -0.0105 e. The number of benzene rings is 5. The van der Waals surface area contributed by atoms with Gasteiger partial charge >= 0.3 is 0 Å². The number of allylic oxidation sites excluding steroid dienone is 16. The summed E-state index contributed by atoms with van der Waals surface area (Å²) in [4.78, 5) is 0. The Morgan fingerprint density at radius 1 is 0.630 bits per heavy atom. The van der Waals surface area contributed by atoms with Crippen molar-refractivity contribution < 1.29 is 0 Å². The van der Waals surface area contributed by atoms with Crippen LogP contribution >= 0.6 is 0 Å². The number of fused-ring (bicyclic) bond motifs is 2. The minimum Gasteiger partial charge on any atom is -0.0990 e. The highest BCUT2D eigenvalue weighted by molar-refractivity contribution is 5.97. The second-order valence-corrected chi connectivity index (χ2v) is 11.5. The quantitative estimate of drug-likeness (QED) is 0.191. The Bertz CT molecular complexity index is 2160. The third-order valence-corrected chi connectivity index (χ3v) is 8.60. The van der Waals surface area contributed by atoms with Gasteiger partial charge in [-0.25, -0.2) is 0 Å². The summed E-state index contributed by atoms with van der Waals surface area (Å²) < 4.78 is 0. The first-order valence-corrected chi connectivity index (χ1v) is 15.8. The Morgan fingerprint density at radius 3 is 2.09 bits per heavy atom. The molecule has 0 radical (unpaired) electrons. The second kappa shape index (κ2) is 13.9. The van der Waals surface area contributed by atoms with Crippen molar-refractivity contribution in [3.63, 3.8) is 0 Å². The van der Waals surface area contributed by atoms with E-state index in [0.717, 1.165) is 39.0 Å². The zero-order valence-corrected chi connectivity index (χ0v) is 26.6. The Hall–Kier alpha value is -5.72. The Kier molecular flexibility index (Phi) is 9.18. The van der Waals surface area contributed by atoms with Crippen LogP contribution in [0.15, 0.2) is 205 Å². The zero-order chi connectivity index (χ0) is 31.9. The van der Waals surface area contributed by atoms with Gasteiger partial charge in [-0.3, -0.25) is 0 Å². The average molecular weight is 591 g/mol. The molecule has 1 aliphatic rings. The standard InChI is InChI=1S/C46H38/c1-5-14-35-24-28-39(46-23-13-20-38-17-9-12-22-45(38)46)18-10-11-21-44(43(15-6-2)34(4)33(35)3)40-29-25-37(26-30-40)42-31-27-36-16-7-8-19-41(36)32-42/h5-32H,1,3H2,2,4H3/b11-10+,15-6-,28-24-,35-14-,39-18+,43-34-,44-21+. The van der Waals surface area contributed by atoms with Crippen LogP contribution in [0.1, 0.15) is 25.0 Å². The van der Waals surface area contributed by atoms with Gasteiger partial charge in [0.2, 0.25) is 0 Å². The highest BCUT2D eigenvalue weighted by Gasteiger charge is 2.14. The maximum absolute atomic E-state index is 4.59. The third-order valence-electron chi connectivity index (χ3n) is 8.60. The van der Waals surface area contributed by atoms with Crippen molar-refractivity contribution in [3.8, 4) is 11.1 Å². The minimum absolute atomic E-state index is 0.963. The molecule has 0 aromatic heterocycles. The zero-order valence-electron chi connectivity index (χ0n) is 26.6. The van der Waals surface area contributed by atoms with E-state index in [1.165, 1.54) is 38.2 Å². The molecule has 5 aromatic rings. The van der Waals surface area contributed by atoms with E-state index in [0.29, 0.717) is 0 Å². The number of hydrogen-bond donors (Lipinski definition) is 0. The van der Waals surface area contributed by atoms with Gasteiger partial charge < -0.3 is 0 Å². The van der Waals surface area contributed by atoms with Crippen molar-refractivity contribution in [2.75, 3.05) is 0 Å². The Balaban J connectivity index is 1.48. The van der Waals surface area contributed by atoms with Crippen LogP contribution < -0.4 is 0 Å². The highest BCUT2D eigenvalue weighted by Crippen LogP contribution is 2.35. The first-order valence-electron chi connectivity index (χ1n) is 15.8. The fourth-order valence-corrected chi connectivity index (χ4v) is 6.10. The summed E-state index contributed by atoms with van der Waals surface area (Å²) in [6.07, 6.45) is 21.2. The summed E-state index contributed by atoms with van der Waals surface area (Å²) in [5.41, 5.74) is 11.2. The van der Waals surface area contributed by atoms with E-state index in [1.54, 1.807) is 0 Å². The molecule has 46 heavy (non-hydrogen) atoms. The van der Waals surface area contributed by atoms with Gasteiger partial charge in [-0.05, 0) is 97.2 Å². The van der Waals surface area contributed by atoms with Gasteiger partial charge in [-0.2, -0.15) is 0 Å². The molecule has 6 rings (SSSR count). The lowest BCUT2D eigenvalue weighted by atomic mass is 9.87. The molecule has 1 aliphatic carbocycles. The molecule has 0 saturated heterocycles. The van der Waals surface area contributed by atoms with Crippen LogP contribution in [0.4, 0.5) is 0 Å². The number of rotatable bonds is 5. The predicted molar refractivity (Wildman–Crippen MR) is 202 cm³/mol. The van der Waals surface area contributed by atoms with Crippen LogP contribution in [-0.4, -0.2) is 0 Å². The average Bonchev–Trinajstić information content (AvgIpc) is 3.10. The summed E-state index contributed by atoms with van der Waals surface area (Å²) in [6.45, 7) is 12.8. The van der Waals surface area contributed by atoms with Crippen LogP contribution in [0.5, 0.6) is 0 Å². The van der Waals surface area contributed by atoms with Gasteiger partial charge in [0.25, 0.3) is 0 Å². The van der Waals surface area contributed by atoms with Gasteiger partial charge in [0, 0.05) is 0 Å². The van der Waals surface area contributed by atoms with Gasteiger partial charge in [-0.1, -0.05) is 177 Å². The summed E-state index contributed by atoms with van der Waals surface area (Å²) in [5, 5.41) is 4.95. The van der Waals surface area contributed by atoms with Crippen LogP contribution in [0.25, 0.3) is 43.8 Å². The Morgan fingerprint density at radius 2 is 1.30 bits per heavy atom. The molecule has 0 aliphatic heterocycles. The molecule has 0 heterocycles. The second-order valence-electron chi connectivity index (χ2n) is 11.5. The Labute approximate surface area is 273 Å². The van der Waals surface area contributed by atoms with Crippen LogP contribution in [0.2, 0.25) is 0 Å². The molecule has 0 fully saturated rings. The molecule has 0 bridgehead atoms. The molecule has 0 heteroatoms. The summed E-state index contributed by atoms with van der Waals surface area (Å²) in [6, 6.07) is 39.1. The van der Waals surface area contributed by atoms with Crippen molar-refractivity contribution in [1.82, 2.24) is 0 Å². The van der Waals surface area contributed by atoms with E-state index in [-0.39, 0.29) is 0 Å². The molecule has 0 atom stereocenters. The monoisotopic (exact) mass is 590 g/mol. The molecular formula is C46H38. The lowest BCUT2D eigenvalue weighted by Gasteiger charge is -2.17. The van der Waals surface area contributed by atoms with E-state index in [9.17, 15) is 0 Å². The fraction of sp³-hybridized carbons (Fsp3) is 0.0435. The first kappa shape index (κ1) is 30.3. The van der Waals surface area contributed by atoms with Gasteiger partial charge in [0.05, 0.1) is 0 Å². The van der Waals surface area contributed by atoms with E-state index >= 15 is 0 Å². The molecule has 222 valence electrons. The summed E-state index contributed by atoms with van der Waals surface area (Å²) >= 11 is 0. The fourth-order valence-electron chi connectivity index (χ4n) is 6.10. The van der Waals surface area contributed by atoms with E-state index in [1.807, 2.05) is 12.2 Å². The van der Waals surface area contributed by atoms with Crippen molar-refractivity contribution in [3.05, 3.63) is 217 Å². The molecule has 0 nitrogen and oxygen atoms in total. The molecular weight excluding hydrogens is 553 g/mol. The largest absolute Gasteiger partial charge is 0.0990 e. The van der Waals surface area contributed by atoms with Gasteiger partial charge in [0.1, 0.15) is 0 Å². The minimum atomic E-state index is 0.963. The van der Waals surface area contributed by atoms with Gasteiger partial charge in [-0.15, -0.1) is 0 Å². The lowest BCUT2D eigenvalue weighted by molar-refractivity contribution is 1.34. The normalized spacial score (nSPS) is 20.5. The third kappa shape index (κ3) is 6.39. The highest BCUT2D eigenvalue weighted by atomic mass is 14.2. The first-order chi connectivity index (χ1) is 22.6. The van der Waals surface area contributed by atoms with Crippen molar-refractivity contribution in [1.29, 1.82) is 0 Å². The molecule has 0 amide bonds. The SMILES string of the molecule is C=C/C=C1/C=C\C(c2cccc3ccccc23)=C/C=C/C=C(c2ccc(-c3ccc4ccccc4c3)cc2)/C(/C=C\C)=C(/C)C1=C. The van der Waals surface area contributed by atoms with Crippen LogP contribution in [-0.2, 0) is 0 Å². The van der Waals surface area contributed by atoms with E-state index in [4.69, 9.17) is 0 Å². The van der Waals surface area contributed by atoms with Crippen LogP contribution in [0.3, 0.4) is 0 Å². The molecule has 0 saturated carbocycles. The molecule has 5 aromatic carbocycles. The topological polar surface area (TPSA) is 0 Å². The van der Waals surface area contributed by atoms with Crippen molar-refractivity contribution in [2.24, 2.45) is 0 Å². The summed E-state index contributed by atoms with van der Waals surface area (Å²) in [5.74, 6) is 0.